The van der Waals surface area contributed by atoms with E-state index < -0.39 is 10.0 Å². The second-order valence-corrected chi connectivity index (χ2v) is 7.24. The Kier molecular flexibility index (Phi) is 4.21. The van der Waals surface area contributed by atoms with Crippen LogP contribution < -0.4 is 9.46 Å². The topological polar surface area (TPSA) is 107 Å². The lowest BCUT2D eigenvalue weighted by atomic mass is 10.2. The summed E-state index contributed by atoms with van der Waals surface area (Å²) in [6, 6.07) is 12.8. The Morgan fingerprint density at radius 2 is 1.85 bits per heavy atom. The van der Waals surface area contributed by atoms with Crippen LogP contribution in [0.3, 0.4) is 0 Å². The van der Waals surface area contributed by atoms with Crippen molar-refractivity contribution in [1.82, 2.24) is 15.0 Å². The van der Waals surface area contributed by atoms with Crippen molar-refractivity contribution in [2.24, 2.45) is 0 Å². The highest BCUT2D eigenvalue weighted by molar-refractivity contribution is 7.92. The zero-order valence-corrected chi connectivity index (χ0v) is 15.0. The largest absolute Gasteiger partial charge is 0.497 e. The Labute approximate surface area is 154 Å². The molecule has 1 N–H and O–H groups in total. The Balaban J connectivity index is 1.63. The number of hydrogen-bond acceptors (Lipinski definition) is 7. The van der Waals surface area contributed by atoms with E-state index in [-0.39, 0.29) is 10.7 Å². The summed E-state index contributed by atoms with van der Waals surface area (Å²) in [4.78, 5) is 12.6. The summed E-state index contributed by atoms with van der Waals surface area (Å²) < 4.78 is 38.2. The minimum Gasteiger partial charge on any atom is -0.497 e. The molecule has 0 radical (unpaired) electrons. The van der Waals surface area contributed by atoms with E-state index in [0.717, 1.165) is 0 Å². The fourth-order valence-corrected chi connectivity index (χ4v) is 3.46. The van der Waals surface area contributed by atoms with Crippen LogP contribution in [0.4, 0.5) is 5.82 Å². The molecule has 3 heterocycles. The van der Waals surface area contributed by atoms with E-state index in [4.69, 9.17) is 9.15 Å². The molecule has 3 aromatic heterocycles. The van der Waals surface area contributed by atoms with E-state index in [0.29, 0.717) is 28.4 Å². The first-order valence-electron chi connectivity index (χ1n) is 7.90. The van der Waals surface area contributed by atoms with Crippen LogP contribution in [0.25, 0.3) is 22.7 Å². The monoisotopic (exact) mass is 382 g/mol. The van der Waals surface area contributed by atoms with E-state index in [1.54, 1.807) is 42.6 Å². The van der Waals surface area contributed by atoms with Crippen LogP contribution in [-0.4, -0.2) is 30.5 Å². The third-order valence-corrected chi connectivity index (χ3v) is 5.15. The number of hydrogen-bond donors (Lipinski definition) is 1. The van der Waals surface area contributed by atoms with Crippen molar-refractivity contribution < 1.29 is 17.6 Å². The Morgan fingerprint density at radius 1 is 1.04 bits per heavy atom. The van der Waals surface area contributed by atoms with E-state index in [9.17, 15) is 8.42 Å². The lowest BCUT2D eigenvalue weighted by Crippen LogP contribution is -2.13. The molecule has 0 fully saturated rings. The first-order valence-corrected chi connectivity index (χ1v) is 9.38. The molecule has 0 aliphatic heterocycles. The summed E-state index contributed by atoms with van der Waals surface area (Å²) in [6.07, 6.45) is 3.10. The summed E-state index contributed by atoms with van der Waals surface area (Å²) >= 11 is 0. The molecule has 4 rings (SSSR count). The first-order chi connectivity index (χ1) is 13.0. The van der Waals surface area contributed by atoms with Gasteiger partial charge in [-0.1, -0.05) is 0 Å². The van der Waals surface area contributed by atoms with Crippen molar-refractivity contribution in [3.8, 4) is 17.2 Å². The van der Waals surface area contributed by atoms with Gasteiger partial charge in [-0.2, -0.15) is 4.98 Å². The maximum absolute atomic E-state index is 12.5. The van der Waals surface area contributed by atoms with Crippen LogP contribution in [0, 0.1) is 0 Å². The summed E-state index contributed by atoms with van der Waals surface area (Å²) in [5.41, 5.74) is 1.60. The standard InChI is InChI=1S/C18H14N4O4S/c1-25-13-4-6-14(7-5-13)27(23,24)22-16-11-12(8-10-19-16)18-21-17-15(26-18)3-2-9-20-17/h2-11H,1H3,(H,19,22). The maximum atomic E-state index is 12.5. The number of fused-ring (bicyclic) bond motifs is 1. The lowest BCUT2D eigenvalue weighted by molar-refractivity contribution is 0.414. The van der Waals surface area contributed by atoms with Crippen molar-refractivity contribution in [2.75, 3.05) is 11.8 Å². The number of oxazole rings is 1. The Bertz CT molecular complexity index is 1170. The number of methoxy groups -OCH3 is 1. The van der Waals surface area contributed by atoms with Gasteiger partial charge in [0.1, 0.15) is 11.6 Å². The number of nitrogens with one attached hydrogen (secondary N) is 1. The molecule has 0 aliphatic carbocycles. The number of sulfonamides is 1. The molecule has 0 spiro atoms. The normalized spacial score (nSPS) is 11.4. The smallest absolute Gasteiger partial charge is 0.263 e. The third-order valence-electron chi connectivity index (χ3n) is 3.78. The van der Waals surface area contributed by atoms with Crippen LogP contribution in [0.1, 0.15) is 0 Å². The highest BCUT2D eigenvalue weighted by atomic mass is 32.2. The molecule has 0 atom stereocenters. The van der Waals surface area contributed by atoms with Crippen molar-refractivity contribution in [1.29, 1.82) is 0 Å². The molecule has 0 aliphatic rings. The summed E-state index contributed by atoms with van der Waals surface area (Å²) in [6.45, 7) is 0. The van der Waals surface area contributed by atoms with Gasteiger partial charge in [-0.3, -0.25) is 4.72 Å². The average Bonchev–Trinajstić information content (AvgIpc) is 3.12. The number of benzene rings is 1. The van der Waals surface area contributed by atoms with Gasteiger partial charge in [0.15, 0.2) is 11.2 Å². The summed E-state index contributed by atoms with van der Waals surface area (Å²) in [5, 5.41) is 0. The molecular formula is C18H14N4O4S. The van der Waals surface area contributed by atoms with Gasteiger partial charge >= 0.3 is 0 Å². The summed E-state index contributed by atoms with van der Waals surface area (Å²) in [5.74, 6) is 1.05. The van der Waals surface area contributed by atoms with Gasteiger partial charge < -0.3 is 9.15 Å². The van der Waals surface area contributed by atoms with Gasteiger partial charge in [0, 0.05) is 18.0 Å². The van der Waals surface area contributed by atoms with Crippen LogP contribution >= 0.6 is 0 Å². The molecule has 1 aromatic carbocycles. The van der Waals surface area contributed by atoms with Crippen LogP contribution in [-0.2, 0) is 10.0 Å². The van der Waals surface area contributed by atoms with Crippen molar-refractivity contribution in [2.45, 2.75) is 4.90 Å². The van der Waals surface area contributed by atoms with Crippen LogP contribution in [0.5, 0.6) is 5.75 Å². The first kappa shape index (κ1) is 17.0. The van der Waals surface area contributed by atoms with Crippen LogP contribution in [0.2, 0.25) is 0 Å². The molecule has 0 unspecified atom stereocenters. The number of anilines is 1. The number of ether oxygens (including phenoxy) is 1. The minimum absolute atomic E-state index is 0.0987. The molecule has 0 amide bonds. The summed E-state index contributed by atoms with van der Waals surface area (Å²) in [7, 11) is -2.28. The SMILES string of the molecule is COc1ccc(S(=O)(=O)Nc2cc(-c3nc4ncccc4o3)ccn2)cc1. The van der Waals surface area contributed by atoms with Gasteiger partial charge in [-0.25, -0.2) is 18.4 Å². The zero-order valence-electron chi connectivity index (χ0n) is 14.2. The van der Waals surface area contributed by atoms with Gasteiger partial charge in [0.05, 0.1) is 12.0 Å². The fraction of sp³-hybridized carbons (Fsp3) is 0.0556. The predicted octanol–water partition coefficient (Wildman–Crippen LogP) is 3.09. The molecule has 8 nitrogen and oxygen atoms in total. The quantitative estimate of drug-likeness (QED) is 0.565. The second kappa shape index (κ2) is 6.69. The molecular weight excluding hydrogens is 368 g/mol. The van der Waals surface area contributed by atoms with Gasteiger partial charge in [-0.05, 0) is 48.5 Å². The average molecular weight is 382 g/mol. The Hall–Kier alpha value is -3.46. The molecule has 0 saturated carbocycles. The van der Waals surface area contributed by atoms with Crippen LogP contribution in [0.15, 0.2) is 70.2 Å². The van der Waals surface area contributed by atoms with Crippen molar-refractivity contribution >= 4 is 27.1 Å². The second-order valence-electron chi connectivity index (χ2n) is 5.55. The molecule has 9 heteroatoms. The van der Waals surface area contributed by atoms with Crippen molar-refractivity contribution in [3.05, 3.63) is 60.9 Å². The third kappa shape index (κ3) is 3.44. The highest BCUT2D eigenvalue weighted by Gasteiger charge is 2.16. The number of pyridine rings is 2. The van der Waals surface area contributed by atoms with E-state index >= 15 is 0 Å². The maximum Gasteiger partial charge on any atom is 0.263 e. The minimum atomic E-state index is -3.79. The predicted molar refractivity (Wildman–Crippen MR) is 98.8 cm³/mol. The zero-order chi connectivity index (χ0) is 18.9. The van der Waals surface area contributed by atoms with Crippen molar-refractivity contribution in [3.63, 3.8) is 0 Å². The molecule has 0 saturated heterocycles. The number of rotatable bonds is 5. The fourth-order valence-electron chi connectivity index (χ4n) is 2.46. The number of aromatic nitrogens is 3. The van der Waals surface area contributed by atoms with Gasteiger partial charge in [0.2, 0.25) is 5.89 Å². The lowest BCUT2D eigenvalue weighted by Gasteiger charge is -2.08. The van der Waals surface area contributed by atoms with E-state index in [1.165, 1.54) is 25.4 Å². The van der Waals surface area contributed by atoms with Gasteiger partial charge in [0.25, 0.3) is 10.0 Å². The molecule has 136 valence electrons. The molecule has 0 bridgehead atoms. The van der Waals surface area contributed by atoms with E-state index in [2.05, 4.69) is 19.7 Å². The Morgan fingerprint density at radius 3 is 2.59 bits per heavy atom. The number of nitrogens with zero attached hydrogens (tertiary/aromatic N) is 3. The molecule has 4 aromatic rings. The molecule has 27 heavy (non-hydrogen) atoms. The highest BCUT2D eigenvalue weighted by Crippen LogP contribution is 2.25. The van der Waals surface area contributed by atoms with E-state index in [1.807, 2.05) is 0 Å². The van der Waals surface area contributed by atoms with Gasteiger partial charge in [-0.15, -0.1) is 0 Å².